The van der Waals surface area contributed by atoms with Crippen LogP contribution in [0, 0.1) is 0 Å². The van der Waals surface area contributed by atoms with E-state index in [0.717, 1.165) is 6.54 Å². The van der Waals surface area contributed by atoms with E-state index in [1.807, 2.05) is 13.8 Å². The minimum Gasteiger partial charge on any atom is -0.355 e. The first-order chi connectivity index (χ1) is 9.08. The summed E-state index contributed by atoms with van der Waals surface area (Å²) in [5.74, 6) is -0.369. The Kier molecular flexibility index (Phi) is 6.02. The van der Waals surface area contributed by atoms with E-state index in [-0.39, 0.29) is 17.9 Å². The van der Waals surface area contributed by atoms with Gasteiger partial charge < -0.3 is 16.0 Å². The van der Waals surface area contributed by atoms with Crippen molar-refractivity contribution in [1.82, 2.24) is 16.0 Å². The van der Waals surface area contributed by atoms with Crippen LogP contribution < -0.4 is 16.0 Å². The van der Waals surface area contributed by atoms with E-state index in [1.54, 1.807) is 31.3 Å². The molecule has 1 rings (SSSR count). The van der Waals surface area contributed by atoms with E-state index < -0.39 is 0 Å². The molecule has 1 atom stereocenters. The lowest BCUT2D eigenvalue weighted by Gasteiger charge is -2.13. The predicted molar refractivity (Wildman–Crippen MR) is 75.3 cm³/mol. The molecule has 0 aliphatic carbocycles. The highest BCUT2D eigenvalue weighted by Gasteiger charge is 2.10. The molecule has 0 aromatic heterocycles. The van der Waals surface area contributed by atoms with Crippen LogP contribution in [0.2, 0.25) is 0 Å². The van der Waals surface area contributed by atoms with Crippen molar-refractivity contribution in [2.75, 3.05) is 20.1 Å². The zero-order chi connectivity index (χ0) is 14.3. The largest absolute Gasteiger partial charge is 0.355 e. The zero-order valence-electron chi connectivity index (χ0n) is 11.6. The Bertz CT molecular complexity index is 446. The minimum atomic E-state index is -0.198. The number of benzene rings is 1. The van der Waals surface area contributed by atoms with Crippen LogP contribution in [0.4, 0.5) is 0 Å². The van der Waals surface area contributed by atoms with Crippen LogP contribution in [0.25, 0.3) is 0 Å². The molecule has 1 aromatic rings. The topological polar surface area (TPSA) is 70.2 Å². The second-order valence-corrected chi connectivity index (χ2v) is 4.33. The van der Waals surface area contributed by atoms with Gasteiger partial charge in [-0.05, 0) is 31.7 Å². The Balaban J connectivity index is 2.64. The molecule has 0 heterocycles. The Morgan fingerprint density at radius 2 is 1.84 bits per heavy atom. The van der Waals surface area contributed by atoms with Gasteiger partial charge in [-0.2, -0.15) is 0 Å². The van der Waals surface area contributed by atoms with Crippen LogP contribution in [0.5, 0.6) is 0 Å². The first-order valence-corrected chi connectivity index (χ1v) is 6.42. The van der Waals surface area contributed by atoms with Crippen molar-refractivity contribution in [3.63, 3.8) is 0 Å². The molecule has 0 saturated carbocycles. The lowest BCUT2D eigenvalue weighted by atomic mass is 10.1. The van der Waals surface area contributed by atoms with Gasteiger partial charge in [0.25, 0.3) is 11.8 Å². The van der Waals surface area contributed by atoms with Crippen molar-refractivity contribution in [3.8, 4) is 0 Å². The third-order valence-electron chi connectivity index (χ3n) is 2.74. The van der Waals surface area contributed by atoms with Crippen LogP contribution in [-0.2, 0) is 0 Å². The summed E-state index contributed by atoms with van der Waals surface area (Å²) in [5.41, 5.74) is 0.972. The van der Waals surface area contributed by atoms with Crippen molar-refractivity contribution in [3.05, 3.63) is 35.4 Å². The summed E-state index contributed by atoms with van der Waals surface area (Å²) in [4.78, 5) is 23.4. The van der Waals surface area contributed by atoms with Crippen LogP contribution in [0.15, 0.2) is 24.3 Å². The van der Waals surface area contributed by atoms with Crippen LogP contribution in [0.1, 0.15) is 34.6 Å². The Hall–Kier alpha value is -1.88. The van der Waals surface area contributed by atoms with E-state index in [4.69, 9.17) is 0 Å². The molecule has 1 aromatic carbocycles. The molecular weight excluding hydrogens is 242 g/mol. The Labute approximate surface area is 113 Å². The van der Waals surface area contributed by atoms with Crippen molar-refractivity contribution >= 4 is 11.8 Å². The SMILES string of the molecule is CCN[C@H](C)CNC(=O)c1cccc(C(=O)NC)c1. The number of hydrogen-bond acceptors (Lipinski definition) is 3. The maximum absolute atomic E-state index is 11.9. The monoisotopic (exact) mass is 263 g/mol. The highest BCUT2D eigenvalue weighted by molar-refractivity contribution is 5.99. The van der Waals surface area contributed by atoms with Gasteiger partial charge >= 0.3 is 0 Å². The van der Waals surface area contributed by atoms with Gasteiger partial charge in [-0.3, -0.25) is 9.59 Å². The highest BCUT2D eigenvalue weighted by atomic mass is 16.2. The fourth-order valence-corrected chi connectivity index (χ4v) is 1.71. The van der Waals surface area contributed by atoms with E-state index in [9.17, 15) is 9.59 Å². The van der Waals surface area contributed by atoms with Crippen molar-refractivity contribution < 1.29 is 9.59 Å². The number of hydrogen-bond donors (Lipinski definition) is 3. The second kappa shape index (κ2) is 7.53. The second-order valence-electron chi connectivity index (χ2n) is 4.33. The molecule has 0 spiro atoms. The van der Waals surface area contributed by atoms with Gasteiger partial charge in [0, 0.05) is 30.8 Å². The van der Waals surface area contributed by atoms with Crippen LogP contribution in [-0.4, -0.2) is 38.0 Å². The van der Waals surface area contributed by atoms with Gasteiger partial charge in [0.1, 0.15) is 0 Å². The summed E-state index contributed by atoms with van der Waals surface area (Å²) in [6.45, 7) is 5.44. The first-order valence-electron chi connectivity index (χ1n) is 6.42. The van der Waals surface area contributed by atoms with Gasteiger partial charge in [0.2, 0.25) is 0 Å². The lowest BCUT2D eigenvalue weighted by molar-refractivity contribution is 0.0950. The van der Waals surface area contributed by atoms with Crippen molar-refractivity contribution in [1.29, 1.82) is 0 Å². The summed E-state index contributed by atoms with van der Waals surface area (Å²) in [7, 11) is 1.56. The highest BCUT2D eigenvalue weighted by Crippen LogP contribution is 2.05. The third kappa shape index (κ3) is 4.71. The maximum Gasteiger partial charge on any atom is 0.251 e. The fourth-order valence-electron chi connectivity index (χ4n) is 1.71. The normalized spacial score (nSPS) is 11.7. The molecule has 0 aliphatic heterocycles. The molecule has 0 fully saturated rings. The van der Waals surface area contributed by atoms with E-state index in [0.29, 0.717) is 17.7 Å². The summed E-state index contributed by atoms with van der Waals surface area (Å²) >= 11 is 0. The Morgan fingerprint density at radius 3 is 2.42 bits per heavy atom. The maximum atomic E-state index is 11.9. The first kappa shape index (κ1) is 15.2. The van der Waals surface area contributed by atoms with Crippen LogP contribution >= 0.6 is 0 Å². The number of carbonyl (C=O) groups is 2. The Morgan fingerprint density at radius 1 is 1.21 bits per heavy atom. The summed E-state index contributed by atoms with van der Waals surface area (Å²) in [5, 5.41) is 8.58. The molecule has 104 valence electrons. The van der Waals surface area contributed by atoms with Crippen molar-refractivity contribution in [2.24, 2.45) is 0 Å². The van der Waals surface area contributed by atoms with Gasteiger partial charge in [0.15, 0.2) is 0 Å². The van der Waals surface area contributed by atoms with E-state index >= 15 is 0 Å². The molecule has 0 saturated heterocycles. The molecule has 5 nitrogen and oxygen atoms in total. The molecule has 0 bridgehead atoms. The fraction of sp³-hybridized carbons (Fsp3) is 0.429. The average Bonchev–Trinajstić information content (AvgIpc) is 2.44. The number of rotatable bonds is 6. The van der Waals surface area contributed by atoms with Gasteiger partial charge in [0.05, 0.1) is 0 Å². The molecular formula is C14H21N3O2. The zero-order valence-corrected chi connectivity index (χ0v) is 11.6. The van der Waals surface area contributed by atoms with Gasteiger partial charge in [-0.1, -0.05) is 13.0 Å². The standard InChI is InChI=1S/C14H21N3O2/c1-4-16-10(2)9-17-14(19)12-7-5-6-11(8-12)13(18)15-3/h5-8,10,16H,4,9H2,1-3H3,(H,15,18)(H,17,19)/t10-/m1/s1. The number of likely N-dealkylation sites (N-methyl/N-ethyl adjacent to an activating group) is 1. The van der Waals surface area contributed by atoms with E-state index in [2.05, 4.69) is 16.0 Å². The van der Waals surface area contributed by atoms with Gasteiger partial charge in [-0.15, -0.1) is 0 Å². The predicted octanol–water partition coefficient (Wildman–Crippen LogP) is 0.774. The minimum absolute atomic E-state index is 0.171. The third-order valence-corrected chi connectivity index (χ3v) is 2.74. The van der Waals surface area contributed by atoms with E-state index in [1.165, 1.54) is 0 Å². The molecule has 0 aliphatic rings. The molecule has 0 radical (unpaired) electrons. The smallest absolute Gasteiger partial charge is 0.251 e. The molecule has 5 heteroatoms. The quantitative estimate of drug-likeness (QED) is 0.710. The summed E-state index contributed by atoms with van der Waals surface area (Å²) in [6, 6.07) is 6.88. The van der Waals surface area contributed by atoms with Crippen molar-refractivity contribution in [2.45, 2.75) is 19.9 Å². The number of nitrogens with one attached hydrogen (secondary N) is 3. The van der Waals surface area contributed by atoms with Gasteiger partial charge in [-0.25, -0.2) is 0 Å². The molecule has 2 amide bonds. The number of amides is 2. The number of carbonyl (C=O) groups excluding carboxylic acids is 2. The van der Waals surface area contributed by atoms with Crippen LogP contribution in [0.3, 0.4) is 0 Å². The average molecular weight is 263 g/mol. The lowest BCUT2D eigenvalue weighted by Crippen LogP contribution is -2.38. The molecule has 0 unspecified atom stereocenters. The summed E-state index contributed by atoms with van der Waals surface area (Å²) < 4.78 is 0. The molecule has 3 N–H and O–H groups in total. The summed E-state index contributed by atoms with van der Waals surface area (Å²) in [6.07, 6.45) is 0. The molecule has 19 heavy (non-hydrogen) atoms.